The molecule has 6 aliphatic rings. The van der Waals surface area contributed by atoms with Crippen molar-refractivity contribution in [3.05, 3.63) is 52.1 Å². The summed E-state index contributed by atoms with van der Waals surface area (Å²) >= 11 is 1.34. The van der Waals surface area contributed by atoms with Gasteiger partial charge in [0, 0.05) is 47.0 Å². The van der Waals surface area contributed by atoms with E-state index in [0.29, 0.717) is 51.7 Å². The van der Waals surface area contributed by atoms with Crippen molar-refractivity contribution in [2.45, 2.75) is 68.7 Å². The molecule has 2 saturated heterocycles. The first kappa shape index (κ1) is 33.8. The van der Waals surface area contributed by atoms with E-state index in [1.54, 1.807) is 6.92 Å². The van der Waals surface area contributed by atoms with Crippen molar-refractivity contribution in [2.75, 3.05) is 39.9 Å². The van der Waals surface area contributed by atoms with Crippen LogP contribution in [0.1, 0.15) is 57.6 Å². The highest BCUT2D eigenvalue weighted by atomic mass is 32.2. The van der Waals surface area contributed by atoms with Crippen LogP contribution < -0.4 is 24.3 Å². The van der Waals surface area contributed by atoms with Crippen LogP contribution >= 0.6 is 11.8 Å². The zero-order chi connectivity index (χ0) is 35.6. The Morgan fingerprint density at radius 1 is 1.20 bits per heavy atom. The highest BCUT2D eigenvalue weighted by Gasteiger charge is 2.60. The van der Waals surface area contributed by atoms with Crippen LogP contribution in [0.4, 0.5) is 4.79 Å². The first-order valence-electron chi connectivity index (χ1n) is 16.3. The number of nitriles is 1. The fraction of sp³-hybridized carbons (Fsp3) is 0.486. The first-order valence-corrected chi connectivity index (χ1v) is 17.3. The summed E-state index contributed by atoms with van der Waals surface area (Å²) in [6.45, 7) is 8.19. The van der Waals surface area contributed by atoms with Crippen molar-refractivity contribution in [3.63, 3.8) is 0 Å². The molecule has 0 aliphatic carbocycles. The second kappa shape index (κ2) is 12.9. The monoisotopic (exact) mass is 706 g/mol. The maximum absolute atomic E-state index is 13.6. The van der Waals surface area contributed by atoms with Crippen molar-refractivity contribution >= 4 is 29.8 Å². The molecule has 7 atom stereocenters. The number of carbonyl (C=O) groups is 3. The minimum atomic E-state index is -1.10. The van der Waals surface area contributed by atoms with E-state index < -0.39 is 53.5 Å². The number of likely N-dealkylation sites (N-methyl/N-ethyl adjacent to an activating group) is 1. The largest absolute Gasteiger partial charge is 0.504 e. The number of phenolic OH excluding ortho intramolecular Hbond substituents is 1. The smallest absolute Gasteiger partial charge is 0.408 e. The number of piperazine rings is 1. The normalized spacial score (nSPS) is 27.8. The Bertz CT molecular complexity index is 1840. The van der Waals surface area contributed by atoms with Crippen LogP contribution in [0.15, 0.2) is 18.7 Å². The number of benzene rings is 2. The third kappa shape index (κ3) is 5.11. The van der Waals surface area contributed by atoms with E-state index >= 15 is 0 Å². The molecular weight excluding hydrogens is 668 g/mol. The van der Waals surface area contributed by atoms with Crippen molar-refractivity contribution < 1.29 is 47.9 Å². The summed E-state index contributed by atoms with van der Waals surface area (Å²) < 4.78 is 34.8. The van der Waals surface area contributed by atoms with Gasteiger partial charge in [0.05, 0.1) is 30.5 Å². The molecule has 6 aliphatic heterocycles. The zero-order valence-electron chi connectivity index (χ0n) is 28.3. The van der Waals surface area contributed by atoms with Crippen LogP contribution in [0, 0.1) is 25.2 Å². The molecule has 0 saturated carbocycles. The average Bonchev–Trinajstić information content (AvgIpc) is 3.57. The lowest BCUT2D eigenvalue weighted by Gasteiger charge is -2.61. The SMILES string of the molecule is C=CCOC(=O)N[C@H]1CSC2c3c(OC(C)=O)c(C)c4c(c3[C@H](COC1=O)N1[C@@H](C#N)C3Cc5cc(C)c(OC)c(O)c5[C@H]([C@H]21)N3C)OCO4. The van der Waals surface area contributed by atoms with Crippen LogP contribution in [-0.2, 0) is 25.5 Å². The van der Waals surface area contributed by atoms with Crippen molar-refractivity contribution in [2.24, 2.45) is 0 Å². The fourth-order valence-electron chi connectivity index (χ4n) is 8.39. The minimum Gasteiger partial charge on any atom is -0.504 e. The van der Waals surface area contributed by atoms with Gasteiger partial charge in [0.2, 0.25) is 6.79 Å². The number of carbonyl (C=O) groups excluding carboxylic acids is 3. The van der Waals surface area contributed by atoms with Gasteiger partial charge in [-0.15, -0.1) is 11.8 Å². The molecular formula is C35H38N4O10S. The van der Waals surface area contributed by atoms with Crippen LogP contribution in [0.5, 0.6) is 28.7 Å². The predicted molar refractivity (Wildman–Crippen MR) is 178 cm³/mol. The van der Waals surface area contributed by atoms with E-state index in [1.165, 1.54) is 31.9 Å². The lowest BCUT2D eigenvalue weighted by Crippen LogP contribution is -2.69. The van der Waals surface area contributed by atoms with Crippen molar-refractivity contribution in [3.8, 4) is 34.8 Å². The predicted octanol–water partition coefficient (Wildman–Crippen LogP) is 3.51. The molecule has 2 N–H and O–H groups in total. The maximum Gasteiger partial charge on any atom is 0.408 e. The molecule has 0 radical (unpaired) electrons. The number of aryl methyl sites for hydroxylation is 1. The van der Waals surface area contributed by atoms with E-state index in [9.17, 15) is 24.8 Å². The number of hydrogen-bond donors (Lipinski definition) is 2. The van der Waals surface area contributed by atoms with Gasteiger partial charge in [-0.1, -0.05) is 18.7 Å². The summed E-state index contributed by atoms with van der Waals surface area (Å²) in [5.74, 6) is 0.321. The maximum atomic E-state index is 13.6. The molecule has 50 heavy (non-hydrogen) atoms. The topological polar surface area (TPSA) is 169 Å². The number of amides is 1. The van der Waals surface area contributed by atoms with Gasteiger partial charge in [-0.2, -0.15) is 5.26 Å². The number of phenols is 1. The van der Waals surface area contributed by atoms with Crippen LogP contribution in [0.3, 0.4) is 0 Å². The van der Waals surface area contributed by atoms with E-state index in [0.717, 1.165) is 11.1 Å². The minimum absolute atomic E-state index is 0.0179. The molecule has 2 aromatic rings. The van der Waals surface area contributed by atoms with Gasteiger partial charge in [-0.25, -0.2) is 9.59 Å². The van der Waals surface area contributed by atoms with Crippen molar-refractivity contribution in [1.82, 2.24) is 15.1 Å². The molecule has 8 rings (SSSR count). The summed E-state index contributed by atoms with van der Waals surface area (Å²) in [6, 6.07) is 0.661. The summed E-state index contributed by atoms with van der Waals surface area (Å²) in [5, 5.41) is 24.8. The number of fused-ring (bicyclic) bond motifs is 10. The van der Waals surface area contributed by atoms with E-state index in [4.69, 9.17) is 28.4 Å². The Morgan fingerprint density at radius 3 is 2.66 bits per heavy atom. The Balaban J connectivity index is 1.49. The van der Waals surface area contributed by atoms with Gasteiger partial charge < -0.3 is 38.8 Å². The number of rotatable bonds is 5. The van der Waals surface area contributed by atoms with Gasteiger partial charge in [0.15, 0.2) is 23.0 Å². The number of alkyl carbamates (subject to hydrolysis) is 1. The molecule has 15 heteroatoms. The summed E-state index contributed by atoms with van der Waals surface area (Å²) in [6.07, 6.45) is 1.08. The lowest BCUT2D eigenvalue weighted by molar-refractivity contribution is -0.151. The Labute approximate surface area is 293 Å². The second-order valence-corrected chi connectivity index (χ2v) is 14.1. The van der Waals surface area contributed by atoms with Gasteiger partial charge in [-0.05, 0) is 38.4 Å². The lowest BCUT2D eigenvalue weighted by atomic mass is 9.71. The Morgan fingerprint density at radius 2 is 1.96 bits per heavy atom. The number of aromatic hydroxyl groups is 1. The highest BCUT2D eigenvalue weighted by Crippen LogP contribution is 2.64. The Hall–Kier alpha value is -4.65. The second-order valence-electron chi connectivity index (χ2n) is 13.0. The third-order valence-electron chi connectivity index (χ3n) is 10.3. The summed E-state index contributed by atoms with van der Waals surface area (Å²) in [4.78, 5) is 43.2. The molecule has 264 valence electrons. The molecule has 2 unspecified atom stereocenters. The number of nitrogens with zero attached hydrogens (tertiary/aromatic N) is 3. The number of ether oxygens (including phenoxy) is 6. The standard InChI is InChI=1S/C35H38N4O10S/c1-7-8-45-35(43)37-19-13-50-33-25-24(32-31(47-14-48-32)16(3)30(25)49-17(4)40)22(12-46-34(19)42)39-21(11-36)20-10-18-9-15(2)29(44-6)28(41)23(18)26(27(33)39)38(20)5/h7,9,19-22,26-27,33,41H,1,8,10,12-14H2,2-6H3,(H,37,43)/t19-,20?,21-,22-,26+,27+,33?/m0/s1. The molecule has 4 bridgehead atoms. The molecule has 14 nitrogen and oxygen atoms in total. The van der Waals surface area contributed by atoms with Crippen LogP contribution in [-0.4, -0.2) is 97.0 Å². The number of esters is 2. The number of hydrogen-bond acceptors (Lipinski definition) is 14. The van der Waals surface area contributed by atoms with Gasteiger partial charge in [-0.3, -0.25) is 14.6 Å². The molecule has 2 fully saturated rings. The first-order chi connectivity index (χ1) is 24.0. The average molecular weight is 707 g/mol. The number of nitrogens with one attached hydrogen (secondary N) is 1. The van der Waals surface area contributed by atoms with E-state index in [-0.39, 0.29) is 37.6 Å². The number of methoxy groups -OCH3 is 1. The fourth-order valence-corrected chi connectivity index (χ4v) is 9.89. The molecule has 6 heterocycles. The molecule has 1 amide bonds. The molecule has 0 aromatic heterocycles. The zero-order valence-corrected chi connectivity index (χ0v) is 29.1. The molecule has 0 spiro atoms. The summed E-state index contributed by atoms with van der Waals surface area (Å²) in [7, 11) is 3.46. The van der Waals surface area contributed by atoms with Gasteiger partial charge in [0.1, 0.15) is 31.0 Å². The van der Waals surface area contributed by atoms with E-state index in [2.05, 4.69) is 27.8 Å². The summed E-state index contributed by atoms with van der Waals surface area (Å²) in [5.41, 5.74) is 4.15. The highest BCUT2D eigenvalue weighted by molar-refractivity contribution is 7.99. The third-order valence-corrected chi connectivity index (χ3v) is 11.7. The van der Waals surface area contributed by atoms with Crippen molar-refractivity contribution in [1.29, 1.82) is 5.26 Å². The number of thioether (sulfide) groups is 1. The quantitative estimate of drug-likeness (QED) is 0.263. The van der Waals surface area contributed by atoms with Gasteiger partial charge >= 0.3 is 18.0 Å². The van der Waals surface area contributed by atoms with E-state index in [1.807, 2.05) is 20.0 Å². The Kier molecular flexibility index (Phi) is 8.73. The molecule has 2 aromatic carbocycles. The van der Waals surface area contributed by atoms with Crippen LogP contribution in [0.2, 0.25) is 0 Å². The van der Waals surface area contributed by atoms with Gasteiger partial charge in [0.25, 0.3) is 0 Å². The van der Waals surface area contributed by atoms with Crippen LogP contribution in [0.25, 0.3) is 0 Å².